The Hall–Kier alpha value is -1.03. The van der Waals surface area contributed by atoms with E-state index >= 15 is 0 Å². The lowest BCUT2D eigenvalue weighted by molar-refractivity contribution is -0.137. The summed E-state index contributed by atoms with van der Waals surface area (Å²) in [7, 11) is 0. The highest BCUT2D eigenvalue weighted by atomic mass is 19.4. The first-order chi connectivity index (χ1) is 8.88. The van der Waals surface area contributed by atoms with Crippen LogP contribution in [0.2, 0.25) is 0 Å². The Morgan fingerprint density at radius 3 is 2.37 bits per heavy atom. The average Bonchev–Trinajstić information content (AvgIpc) is 2.38. The molecule has 1 aromatic rings. The molecule has 1 saturated carbocycles. The Kier molecular flexibility index (Phi) is 4.19. The highest BCUT2D eigenvalue weighted by Gasteiger charge is 2.32. The van der Waals surface area contributed by atoms with E-state index in [0.29, 0.717) is 11.5 Å². The summed E-state index contributed by atoms with van der Waals surface area (Å²) in [5, 5.41) is 10.3. The molecular weight excluding hydrogens is 253 g/mol. The predicted molar refractivity (Wildman–Crippen MR) is 67.5 cm³/mol. The Morgan fingerprint density at radius 1 is 1.16 bits per heavy atom. The number of halogens is 3. The fraction of sp³-hybridized carbons (Fsp3) is 0.600. The van der Waals surface area contributed by atoms with Gasteiger partial charge in [-0.2, -0.15) is 13.2 Å². The van der Waals surface area contributed by atoms with Crippen LogP contribution in [0.5, 0.6) is 0 Å². The molecular formula is C15H19F3O. The Labute approximate surface area is 111 Å². The summed E-state index contributed by atoms with van der Waals surface area (Å²) in [6, 6.07) is 5.06. The standard InChI is InChI=1S/C15H19F3O/c1-10-5-7-11(8-6-10)14(19)12-3-2-4-13(9-12)15(16,17)18/h2-4,9-11,14,19H,5-8H2,1H3. The lowest BCUT2D eigenvalue weighted by atomic mass is 9.78. The Bertz CT molecular complexity index is 420. The number of aliphatic hydroxyl groups is 1. The van der Waals surface area contributed by atoms with E-state index in [1.54, 1.807) is 6.07 Å². The zero-order valence-corrected chi connectivity index (χ0v) is 11.0. The zero-order valence-electron chi connectivity index (χ0n) is 11.0. The van der Waals surface area contributed by atoms with Gasteiger partial charge in [-0.1, -0.05) is 31.9 Å². The summed E-state index contributed by atoms with van der Waals surface area (Å²) in [4.78, 5) is 0. The number of alkyl halides is 3. The molecule has 1 nitrogen and oxygen atoms in total. The van der Waals surface area contributed by atoms with E-state index in [0.717, 1.165) is 37.8 Å². The van der Waals surface area contributed by atoms with Crippen molar-refractivity contribution >= 4 is 0 Å². The number of rotatable bonds is 2. The number of hydrogen-bond donors (Lipinski definition) is 1. The molecule has 1 aliphatic rings. The van der Waals surface area contributed by atoms with Crippen LogP contribution in [-0.4, -0.2) is 5.11 Å². The van der Waals surface area contributed by atoms with Crippen molar-refractivity contribution < 1.29 is 18.3 Å². The highest BCUT2D eigenvalue weighted by Crippen LogP contribution is 2.38. The first-order valence-corrected chi connectivity index (χ1v) is 6.73. The maximum Gasteiger partial charge on any atom is 0.416 e. The van der Waals surface area contributed by atoms with E-state index in [2.05, 4.69) is 6.92 Å². The van der Waals surface area contributed by atoms with E-state index in [-0.39, 0.29) is 5.92 Å². The number of hydrogen-bond acceptors (Lipinski definition) is 1. The van der Waals surface area contributed by atoms with Gasteiger partial charge < -0.3 is 5.11 Å². The van der Waals surface area contributed by atoms with Gasteiger partial charge in [0.25, 0.3) is 0 Å². The van der Waals surface area contributed by atoms with Gasteiger partial charge in [0.1, 0.15) is 0 Å². The number of aliphatic hydroxyl groups excluding tert-OH is 1. The monoisotopic (exact) mass is 272 g/mol. The van der Waals surface area contributed by atoms with Crippen molar-refractivity contribution in [2.75, 3.05) is 0 Å². The third-order valence-electron chi connectivity index (χ3n) is 4.06. The molecule has 1 N–H and O–H groups in total. The van der Waals surface area contributed by atoms with E-state index in [1.165, 1.54) is 6.07 Å². The van der Waals surface area contributed by atoms with Crippen LogP contribution in [0.4, 0.5) is 13.2 Å². The summed E-state index contributed by atoms with van der Waals surface area (Å²) in [6.07, 6.45) is -1.27. The fourth-order valence-electron chi connectivity index (χ4n) is 2.77. The van der Waals surface area contributed by atoms with Gasteiger partial charge in [0, 0.05) is 0 Å². The molecule has 0 spiro atoms. The largest absolute Gasteiger partial charge is 0.416 e. The lowest BCUT2D eigenvalue weighted by Gasteiger charge is -2.30. The molecule has 0 amide bonds. The molecule has 4 heteroatoms. The maximum absolute atomic E-state index is 12.6. The Morgan fingerprint density at radius 2 is 1.79 bits per heavy atom. The summed E-state index contributed by atoms with van der Waals surface area (Å²) in [6.45, 7) is 2.17. The minimum atomic E-state index is -4.35. The second-order valence-corrected chi connectivity index (χ2v) is 5.59. The molecule has 2 rings (SSSR count). The SMILES string of the molecule is CC1CCC(C(O)c2cccc(C(F)(F)F)c2)CC1. The quantitative estimate of drug-likeness (QED) is 0.836. The normalized spacial score (nSPS) is 26.2. The van der Waals surface area contributed by atoms with E-state index < -0.39 is 17.8 Å². The van der Waals surface area contributed by atoms with Crippen LogP contribution in [0.3, 0.4) is 0 Å². The fourth-order valence-corrected chi connectivity index (χ4v) is 2.77. The van der Waals surface area contributed by atoms with Gasteiger partial charge >= 0.3 is 6.18 Å². The van der Waals surface area contributed by atoms with Crippen LogP contribution in [0.1, 0.15) is 49.8 Å². The zero-order chi connectivity index (χ0) is 14.0. The molecule has 0 saturated heterocycles. The minimum Gasteiger partial charge on any atom is -0.388 e. The van der Waals surface area contributed by atoms with Crippen LogP contribution in [0.25, 0.3) is 0 Å². The summed E-state index contributed by atoms with van der Waals surface area (Å²) in [5.41, 5.74) is -0.303. The lowest BCUT2D eigenvalue weighted by Crippen LogP contribution is -2.19. The molecule has 0 radical (unpaired) electrons. The molecule has 1 atom stereocenters. The first-order valence-electron chi connectivity index (χ1n) is 6.73. The second kappa shape index (κ2) is 5.53. The van der Waals surface area contributed by atoms with Gasteiger partial charge in [0.2, 0.25) is 0 Å². The molecule has 0 heterocycles. The van der Waals surface area contributed by atoms with Crippen LogP contribution in [0.15, 0.2) is 24.3 Å². The topological polar surface area (TPSA) is 20.2 Å². The van der Waals surface area contributed by atoms with Gasteiger partial charge in [-0.25, -0.2) is 0 Å². The average molecular weight is 272 g/mol. The van der Waals surface area contributed by atoms with Gasteiger partial charge in [-0.3, -0.25) is 0 Å². The molecule has 106 valence electrons. The molecule has 0 aliphatic heterocycles. The molecule has 0 aromatic heterocycles. The van der Waals surface area contributed by atoms with E-state index in [4.69, 9.17) is 0 Å². The summed E-state index contributed by atoms with van der Waals surface area (Å²) < 4.78 is 37.9. The van der Waals surface area contributed by atoms with Crippen molar-refractivity contribution in [2.24, 2.45) is 11.8 Å². The highest BCUT2D eigenvalue weighted by molar-refractivity contribution is 5.27. The molecule has 0 bridgehead atoms. The van der Waals surface area contributed by atoms with Crippen molar-refractivity contribution in [3.63, 3.8) is 0 Å². The van der Waals surface area contributed by atoms with Crippen molar-refractivity contribution in [3.8, 4) is 0 Å². The van der Waals surface area contributed by atoms with Crippen LogP contribution in [0, 0.1) is 11.8 Å². The van der Waals surface area contributed by atoms with Gasteiger partial charge in [-0.05, 0) is 42.4 Å². The molecule has 1 fully saturated rings. The van der Waals surface area contributed by atoms with Crippen molar-refractivity contribution in [3.05, 3.63) is 35.4 Å². The van der Waals surface area contributed by atoms with Crippen molar-refractivity contribution in [1.82, 2.24) is 0 Å². The molecule has 19 heavy (non-hydrogen) atoms. The first kappa shape index (κ1) is 14.4. The molecule has 1 aromatic carbocycles. The smallest absolute Gasteiger partial charge is 0.388 e. The van der Waals surface area contributed by atoms with Gasteiger partial charge in [-0.15, -0.1) is 0 Å². The maximum atomic E-state index is 12.6. The number of benzene rings is 1. The van der Waals surface area contributed by atoms with E-state index in [9.17, 15) is 18.3 Å². The predicted octanol–water partition coefficient (Wildman–Crippen LogP) is 4.57. The van der Waals surface area contributed by atoms with E-state index in [1.807, 2.05) is 0 Å². The minimum absolute atomic E-state index is 0.0830. The van der Waals surface area contributed by atoms with Crippen LogP contribution >= 0.6 is 0 Å². The van der Waals surface area contributed by atoms with Crippen LogP contribution < -0.4 is 0 Å². The summed E-state index contributed by atoms with van der Waals surface area (Å²) in [5.74, 6) is 0.740. The van der Waals surface area contributed by atoms with Gasteiger partial charge in [0.15, 0.2) is 0 Å². The third-order valence-corrected chi connectivity index (χ3v) is 4.06. The third kappa shape index (κ3) is 3.50. The molecule has 1 unspecified atom stereocenters. The summed E-state index contributed by atoms with van der Waals surface area (Å²) >= 11 is 0. The van der Waals surface area contributed by atoms with Crippen molar-refractivity contribution in [1.29, 1.82) is 0 Å². The Balaban J connectivity index is 2.13. The molecule has 1 aliphatic carbocycles. The van der Waals surface area contributed by atoms with Crippen molar-refractivity contribution in [2.45, 2.75) is 44.9 Å². The van der Waals surface area contributed by atoms with Gasteiger partial charge in [0.05, 0.1) is 11.7 Å². The second-order valence-electron chi connectivity index (χ2n) is 5.59. The van der Waals surface area contributed by atoms with Crippen LogP contribution in [-0.2, 0) is 6.18 Å².